The lowest BCUT2D eigenvalue weighted by Crippen LogP contribution is -2.14. The molecule has 0 spiro atoms. The van der Waals surface area contributed by atoms with Gasteiger partial charge in [0, 0.05) is 11.5 Å². The molecule has 3 aromatic rings. The highest BCUT2D eigenvalue weighted by Gasteiger charge is 2.22. The van der Waals surface area contributed by atoms with Gasteiger partial charge >= 0.3 is 5.97 Å². The van der Waals surface area contributed by atoms with Crippen molar-refractivity contribution in [1.82, 2.24) is 3.97 Å². The molecular weight excluding hydrogens is 345 g/mol. The van der Waals surface area contributed by atoms with E-state index in [-0.39, 0.29) is 16.1 Å². The predicted octanol–water partition coefficient (Wildman–Crippen LogP) is 3.42. The number of aromatic nitrogens is 1. The summed E-state index contributed by atoms with van der Waals surface area (Å²) in [7, 11) is -3.98. The van der Waals surface area contributed by atoms with Crippen LogP contribution in [-0.4, -0.2) is 23.5 Å². The molecule has 7 heteroatoms. The molecule has 0 aliphatic rings. The summed E-state index contributed by atoms with van der Waals surface area (Å²) >= 11 is 0. The second kappa shape index (κ2) is 6.18. The summed E-state index contributed by atoms with van der Waals surface area (Å²) in [6.07, 6.45) is 2.01. The lowest BCUT2D eigenvalue weighted by Gasteiger charge is -2.10. The van der Waals surface area contributed by atoms with Crippen molar-refractivity contribution >= 4 is 33.0 Å². The molecule has 0 unspecified atom stereocenters. The van der Waals surface area contributed by atoms with Gasteiger partial charge in [-0.25, -0.2) is 21.6 Å². The van der Waals surface area contributed by atoms with Crippen molar-refractivity contribution in [3.05, 3.63) is 71.7 Å². The van der Waals surface area contributed by atoms with E-state index in [9.17, 15) is 17.6 Å². The zero-order valence-corrected chi connectivity index (χ0v) is 14.0. The number of aliphatic carboxylic acids is 1. The first kappa shape index (κ1) is 16.9. The lowest BCUT2D eigenvalue weighted by molar-refractivity contribution is -0.131. The van der Waals surface area contributed by atoms with Gasteiger partial charge in [0.1, 0.15) is 5.82 Å². The van der Waals surface area contributed by atoms with Crippen molar-refractivity contribution in [3.63, 3.8) is 0 Å². The van der Waals surface area contributed by atoms with Crippen molar-refractivity contribution in [2.75, 3.05) is 0 Å². The Kier molecular flexibility index (Phi) is 4.18. The van der Waals surface area contributed by atoms with Crippen LogP contribution in [0.2, 0.25) is 0 Å². The minimum atomic E-state index is -3.98. The highest BCUT2D eigenvalue weighted by molar-refractivity contribution is 7.90. The molecule has 5 nitrogen and oxygen atoms in total. The van der Waals surface area contributed by atoms with E-state index in [1.54, 1.807) is 12.1 Å². The average Bonchev–Trinajstić information content (AvgIpc) is 2.91. The van der Waals surface area contributed by atoms with Crippen LogP contribution >= 0.6 is 0 Å². The molecule has 0 aliphatic heterocycles. The molecule has 3 rings (SSSR count). The smallest absolute Gasteiger partial charge is 0.328 e. The molecule has 128 valence electrons. The normalized spacial score (nSPS) is 12.1. The number of benzene rings is 2. The first-order valence-corrected chi connectivity index (χ1v) is 8.77. The minimum Gasteiger partial charge on any atom is -0.478 e. The third-order valence-corrected chi connectivity index (χ3v) is 5.46. The van der Waals surface area contributed by atoms with E-state index in [4.69, 9.17) is 5.11 Å². The van der Waals surface area contributed by atoms with Gasteiger partial charge in [-0.1, -0.05) is 17.7 Å². The third kappa shape index (κ3) is 3.18. The van der Waals surface area contributed by atoms with Crippen LogP contribution in [0.4, 0.5) is 4.39 Å². The monoisotopic (exact) mass is 359 g/mol. The first-order valence-electron chi connectivity index (χ1n) is 7.33. The maximum atomic E-state index is 13.5. The fourth-order valence-electron chi connectivity index (χ4n) is 2.54. The molecule has 0 radical (unpaired) electrons. The van der Waals surface area contributed by atoms with Crippen LogP contribution < -0.4 is 0 Å². The summed E-state index contributed by atoms with van der Waals surface area (Å²) in [5, 5.41) is 9.19. The van der Waals surface area contributed by atoms with Gasteiger partial charge in [-0.3, -0.25) is 0 Å². The molecule has 1 heterocycles. The summed E-state index contributed by atoms with van der Waals surface area (Å²) in [5.74, 6) is -1.72. The zero-order valence-electron chi connectivity index (χ0n) is 13.2. The van der Waals surface area contributed by atoms with E-state index < -0.39 is 21.8 Å². The number of carboxylic acids is 1. The summed E-state index contributed by atoms with van der Waals surface area (Å²) in [5.41, 5.74) is 1.31. The van der Waals surface area contributed by atoms with Gasteiger partial charge < -0.3 is 5.11 Å². The standard InChI is InChI=1S/C18H14FNO4S/c1-12-2-6-16(7-3-12)25(23,24)20-15(5-9-18(21)22)11-13-10-14(19)4-8-17(13)20/h2-11H,1H3,(H,21,22)/b9-5+. The van der Waals surface area contributed by atoms with E-state index in [0.717, 1.165) is 21.7 Å². The van der Waals surface area contributed by atoms with Gasteiger partial charge in [0.2, 0.25) is 0 Å². The number of carbonyl (C=O) groups is 1. The van der Waals surface area contributed by atoms with E-state index >= 15 is 0 Å². The molecule has 25 heavy (non-hydrogen) atoms. The van der Waals surface area contributed by atoms with Crippen molar-refractivity contribution in [1.29, 1.82) is 0 Å². The molecule has 0 atom stereocenters. The zero-order chi connectivity index (χ0) is 18.2. The molecule has 1 N–H and O–H groups in total. The van der Waals surface area contributed by atoms with Crippen LogP contribution in [0.25, 0.3) is 17.0 Å². The Morgan fingerprint density at radius 3 is 2.44 bits per heavy atom. The Labute approximate surface area is 143 Å². The number of aryl methyl sites for hydroxylation is 1. The Morgan fingerprint density at radius 1 is 1.12 bits per heavy atom. The van der Waals surface area contributed by atoms with Crippen molar-refractivity contribution in [3.8, 4) is 0 Å². The summed E-state index contributed by atoms with van der Waals surface area (Å²) in [6, 6.07) is 11.5. The van der Waals surface area contributed by atoms with Crippen LogP contribution in [0, 0.1) is 12.7 Å². The van der Waals surface area contributed by atoms with Gasteiger partial charge in [-0.05, 0) is 49.4 Å². The molecule has 2 aromatic carbocycles. The number of hydrogen-bond acceptors (Lipinski definition) is 3. The number of carboxylic acid groups (broad SMARTS) is 1. The van der Waals surface area contributed by atoms with Crippen LogP contribution in [0.1, 0.15) is 11.3 Å². The fourth-order valence-corrected chi connectivity index (χ4v) is 4.05. The van der Waals surface area contributed by atoms with Crippen LogP contribution in [0.15, 0.2) is 59.5 Å². The van der Waals surface area contributed by atoms with Crippen molar-refractivity contribution in [2.24, 2.45) is 0 Å². The van der Waals surface area contributed by atoms with Gasteiger partial charge in [-0.15, -0.1) is 0 Å². The molecule has 0 saturated carbocycles. The molecule has 0 aliphatic carbocycles. The SMILES string of the molecule is Cc1ccc(S(=O)(=O)n2c(/C=C/C(=O)O)cc3cc(F)ccc32)cc1. The highest BCUT2D eigenvalue weighted by Crippen LogP contribution is 2.27. The predicted molar refractivity (Wildman–Crippen MR) is 92.3 cm³/mol. The molecular formula is C18H14FNO4S. The van der Waals surface area contributed by atoms with Gasteiger partial charge in [0.15, 0.2) is 0 Å². The maximum Gasteiger partial charge on any atom is 0.328 e. The fraction of sp³-hybridized carbons (Fsp3) is 0.0556. The van der Waals surface area contributed by atoms with Gasteiger partial charge in [0.05, 0.1) is 16.1 Å². The van der Waals surface area contributed by atoms with E-state index in [1.165, 1.54) is 36.4 Å². The Balaban J connectivity index is 2.30. The van der Waals surface area contributed by atoms with Crippen LogP contribution in [0.5, 0.6) is 0 Å². The van der Waals surface area contributed by atoms with Gasteiger partial charge in [-0.2, -0.15) is 0 Å². The lowest BCUT2D eigenvalue weighted by atomic mass is 10.2. The molecule has 0 amide bonds. The Morgan fingerprint density at radius 2 is 1.80 bits per heavy atom. The number of hydrogen-bond donors (Lipinski definition) is 1. The number of nitrogens with zero attached hydrogens (tertiary/aromatic N) is 1. The topological polar surface area (TPSA) is 76.4 Å². The van der Waals surface area contributed by atoms with Gasteiger partial charge in [0.25, 0.3) is 10.0 Å². The van der Waals surface area contributed by atoms with Crippen molar-refractivity contribution in [2.45, 2.75) is 11.8 Å². The Bertz CT molecular complexity index is 1100. The average molecular weight is 359 g/mol. The highest BCUT2D eigenvalue weighted by atomic mass is 32.2. The largest absolute Gasteiger partial charge is 0.478 e. The third-order valence-electron chi connectivity index (χ3n) is 3.70. The molecule has 1 aromatic heterocycles. The van der Waals surface area contributed by atoms with Crippen LogP contribution in [0.3, 0.4) is 0 Å². The van der Waals surface area contributed by atoms with Crippen molar-refractivity contribution < 1.29 is 22.7 Å². The quantitative estimate of drug-likeness (QED) is 0.724. The second-order valence-electron chi connectivity index (χ2n) is 5.53. The van der Waals surface area contributed by atoms with Crippen LogP contribution in [-0.2, 0) is 14.8 Å². The summed E-state index contributed by atoms with van der Waals surface area (Å²) in [4.78, 5) is 10.9. The number of rotatable bonds is 4. The summed E-state index contributed by atoms with van der Waals surface area (Å²) in [6.45, 7) is 1.84. The van der Waals surface area contributed by atoms with E-state index in [2.05, 4.69) is 0 Å². The van der Waals surface area contributed by atoms with E-state index in [1.807, 2.05) is 6.92 Å². The maximum absolute atomic E-state index is 13.5. The number of halogens is 1. The number of fused-ring (bicyclic) bond motifs is 1. The molecule has 0 bridgehead atoms. The summed E-state index contributed by atoms with van der Waals surface area (Å²) < 4.78 is 40.6. The minimum absolute atomic E-state index is 0.0601. The van der Waals surface area contributed by atoms with E-state index in [0.29, 0.717) is 5.39 Å². The second-order valence-corrected chi connectivity index (χ2v) is 7.31. The molecule has 0 fully saturated rings. The molecule has 0 saturated heterocycles. The Hall–Kier alpha value is -2.93. The first-order chi connectivity index (χ1) is 11.8.